The van der Waals surface area contributed by atoms with E-state index in [9.17, 15) is 4.79 Å². The molecule has 8 heteroatoms. The number of hydrogen-bond donors (Lipinski definition) is 3. The van der Waals surface area contributed by atoms with Gasteiger partial charge in [0.25, 0.3) is 5.91 Å². The number of benzene rings is 1. The predicted octanol–water partition coefficient (Wildman–Crippen LogP) is 2.73. The SMILES string of the molecule is CCNC(=O)c1cccc(CNC(=NC)NCCc2ncc(C)s2)c1.I. The number of hydrogen-bond acceptors (Lipinski definition) is 4. The van der Waals surface area contributed by atoms with Crippen LogP contribution in [-0.2, 0) is 13.0 Å². The van der Waals surface area contributed by atoms with Crippen molar-refractivity contribution in [3.05, 3.63) is 51.5 Å². The maximum absolute atomic E-state index is 11.9. The van der Waals surface area contributed by atoms with Crippen molar-refractivity contribution < 1.29 is 4.79 Å². The molecule has 0 aliphatic carbocycles. The Balaban J connectivity index is 0.00000338. The van der Waals surface area contributed by atoms with Crippen molar-refractivity contribution in [3.8, 4) is 0 Å². The van der Waals surface area contributed by atoms with Crippen molar-refractivity contribution in [2.45, 2.75) is 26.8 Å². The molecule has 1 amide bonds. The first-order valence-corrected chi connectivity index (χ1v) is 9.17. The second kappa shape index (κ2) is 11.8. The summed E-state index contributed by atoms with van der Waals surface area (Å²) in [5, 5.41) is 10.5. The van der Waals surface area contributed by atoms with Gasteiger partial charge in [-0.15, -0.1) is 35.3 Å². The van der Waals surface area contributed by atoms with Crippen molar-refractivity contribution in [3.63, 3.8) is 0 Å². The minimum atomic E-state index is -0.0504. The number of carbonyl (C=O) groups is 1. The Morgan fingerprint density at radius 2 is 2.08 bits per heavy atom. The quantitative estimate of drug-likeness (QED) is 0.319. The normalized spacial score (nSPS) is 10.8. The zero-order valence-electron chi connectivity index (χ0n) is 15.3. The Labute approximate surface area is 175 Å². The summed E-state index contributed by atoms with van der Waals surface area (Å²) < 4.78 is 0. The molecule has 0 bridgehead atoms. The van der Waals surface area contributed by atoms with E-state index in [1.807, 2.05) is 37.4 Å². The van der Waals surface area contributed by atoms with Gasteiger partial charge >= 0.3 is 0 Å². The van der Waals surface area contributed by atoms with Gasteiger partial charge in [0.1, 0.15) is 0 Å². The van der Waals surface area contributed by atoms with Crippen molar-refractivity contribution in [2.24, 2.45) is 4.99 Å². The van der Waals surface area contributed by atoms with Crippen LogP contribution in [0.3, 0.4) is 0 Å². The molecule has 142 valence electrons. The van der Waals surface area contributed by atoms with Crippen LogP contribution in [0.5, 0.6) is 0 Å². The number of rotatable bonds is 7. The Morgan fingerprint density at radius 3 is 2.73 bits per heavy atom. The molecular formula is C18H26IN5OS. The van der Waals surface area contributed by atoms with Crippen molar-refractivity contribution in [2.75, 3.05) is 20.1 Å². The van der Waals surface area contributed by atoms with Crippen LogP contribution in [0.4, 0.5) is 0 Å². The largest absolute Gasteiger partial charge is 0.356 e. The van der Waals surface area contributed by atoms with E-state index in [-0.39, 0.29) is 29.9 Å². The zero-order valence-corrected chi connectivity index (χ0v) is 18.5. The maximum atomic E-state index is 11.9. The highest BCUT2D eigenvalue weighted by Gasteiger charge is 2.05. The minimum Gasteiger partial charge on any atom is -0.356 e. The van der Waals surface area contributed by atoms with E-state index < -0.39 is 0 Å². The number of thiazole rings is 1. The van der Waals surface area contributed by atoms with Crippen LogP contribution in [0.15, 0.2) is 35.5 Å². The zero-order chi connectivity index (χ0) is 18.1. The lowest BCUT2D eigenvalue weighted by atomic mass is 10.1. The third kappa shape index (κ3) is 7.28. The van der Waals surface area contributed by atoms with Crippen LogP contribution in [0.2, 0.25) is 0 Å². The molecule has 2 rings (SSSR count). The van der Waals surface area contributed by atoms with Crippen LogP contribution >= 0.6 is 35.3 Å². The fourth-order valence-electron chi connectivity index (χ4n) is 2.30. The van der Waals surface area contributed by atoms with Gasteiger partial charge in [0.15, 0.2) is 5.96 Å². The number of nitrogens with one attached hydrogen (secondary N) is 3. The molecule has 26 heavy (non-hydrogen) atoms. The van der Waals surface area contributed by atoms with E-state index >= 15 is 0 Å². The van der Waals surface area contributed by atoms with Gasteiger partial charge in [0, 0.05) is 49.7 Å². The lowest BCUT2D eigenvalue weighted by molar-refractivity contribution is 0.0955. The Bertz CT molecular complexity index is 732. The van der Waals surface area contributed by atoms with Gasteiger partial charge in [-0.25, -0.2) is 4.98 Å². The molecule has 3 N–H and O–H groups in total. The van der Waals surface area contributed by atoms with E-state index in [2.05, 4.69) is 32.9 Å². The molecule has 0 saturated heterocycles. The fraction of sp³-hybridized carbons (Fsp3) is 0.389. The minimum absolute atomic E-state index is 0. The summed E-state index contributed by atoms with van der Waals surface area (Å²) in [7, 11) is 1.74. The van der Waals surface area contributed by atoms with E-state index in [0.717, 1.165) is 29.5 Å². The van der Waals surface area contributed by atoms with Gasteiger partial charge in [-0.2, -0.15) is 0 Å². The Morgan fingerprint density at radius 1 is 1.27 bits per heavy atom. The van der Waals surface area contributed by atoms with E-state index in [1.165, 1.54) is 4.88 Å². The molecular weight excluding hydrogens is 461 g/mol. The monoisotopic (exact) mass is 487 g/mol. The number of aryl methyl sites for hydroxylation is 1. The lowest BCUT2D eigenvalue weighted by Gasteiger charge is -2.12. The molecule has 1 aromatic heterocycles. The summed E-state index contributed by atoms with van der Waals surface area (Å²) in [6, 6.07) is 7.59. The summed E-state index contributed by atoms with van der Waals surface area (Å²) in [6.45, 7) is 5.96. The molecule has 6 nitrogen and oxygen atoms in total. The highest BCUT2D eigenvalue weighted by Crippen LogP contribution is 2.11. The van der Waals surface area contributed by atoms with Gasteiger partial charge in [-0.05, 0) is 31.5 Å². The average molecular weight is 487 g/mol. The van der Waals surface area contributed by atoms with Gasteiger partial charge < -0.3 is 16.0 Å². The number of amides is 1. The second-order valence-corrected chi connectivity index (χ2v) is 6.85. The first-order chi connectivity index (χ1) is 12.1. The Kier molecular flexibility index (Phi) is 10.2. The molecule has 1 aromatic carbocycles. The number of halogens is 1. The molecule has 0 aliphatic heterocycles. The van der Waals surface area contributed by atoms with Gasteiger partial charge in [-0.1, -0.05) is 12.1 Å². The van der Waals surface area contributed by atoms with Crippen LogP contribution in [0.25, 0.3) is 0 Å². The molecule has 2 aromatic rings. The molecule has 0 fully saturated rings. The van der Waals surface area contributed by atoms with Gasteiger partial charge in [0.2, 0.25) is 0 Å². The van der Waals surface area contributed by atoms with Crippen LogP contribution < -0.4 is 16.0 Å². The van der Waals surface area contributed by atoms with Crippen molar-refractivity contribution in [1.29, 1.82) is 0 Å². The van der Waals surface area contributed by atoms with Gasteiger partial charge in [-0.3, -0.25) is 9.79 Å². The third-order valence-electron chi connectivity index (χ3n) is 3.51. The summed E-state index contributed by atoms with van der Waals surface area (Å²) in [5.41, 5.74) is 1.70. The molecule has 0 spiro atoms. The molecule has 0 atom stereocenters. The number of aliphatic imine (C=N–C) groups is 1. The van der Waals surface area contributed by atoms with E-state index in [1.54, 1.807) is 18.4 Å². The van der Waals surface area contributed by atoms with E-state index in [0.29, 0.717) is 18.7 Å². The average Bonchev–Trinajstić information content (AvgIpc) is 3.03. The highest BCUT2D eigenvalue weighted by atomic mass is 127. The number of guanidine groups is 1. The number of nitrogens with zero attached hydrogens (tertiary/aromatic N) is 2. The first kappa shape index (κ1) is 22.4. The fourth-order valence-corrected chi connectivity index (χ4v) is 3.08. The molecule has 0 unspecified atom stereocenters. The third-order valence-corrected chi connectivity index (χ3v) is 4.48. The summed E-state index contributed by atoms with van der Waals surface area (Å²) in [5.74, 6) is 0.683. The summed E-state index contributed by atoms with van der Waals surface area (Å²) in [6.07, 6.45) is 2.76. The molecule has 1 heterocycles. The number of aromatic nitrogens is 1. The molecule has 0 radical (unpaired) electrons. The maximum Gasteiger partial charge on any atom is 0.251 e. The topological polar surface area (TPSA) is 78.4 Å². The highest BCUT2D eigenvalue weighted by molar-refractivity contribution is 14.0. The van der Waals surface area contributed by atoms with Gasteiger partial charge in [0.05, 0.1) is 5.01 Å². The van der Waals surface area contributed by atoms with Crippen molar-refractivity contribution in [1.82, 2.24) is 20.9 Å². The first-order valence-electron chi connectivity index (χ1n) is 8.35. The van der Waals surface area contributed by atoms with Crippen LogP contribution in [0, 0.1) is 6.92 Å². The standard InChI is InChI=1S/C18H25N5OS.HI/c1-4-20-17(24)15-7-5-6-14(10-15)12-23-18(19-3)21-9-8-16-22-11-13(2)25-16;/h5-7,10-11H,4,8-9,12H2,1-3H3,(H,20,24)(H2,19,21,23);1H. The smallest absolute Gasteiger partial charge is 0.251 e. The van der Waals surface area contributed by atoms with Crippen molar-refractivity contribution >= 4 is 47.2 Å². The predicted molar refractivity (Wildman–Crippen MR) is 119 cm³/mol. The molecule has 0 saturated carbocycles. The Hall–Kier alpha value is -1.68. The number of carbonyl (C=O) groups excluding carboxylic acids is 1. The molecule has 0 aliphatic rings. The van der Waals surface area contributed by atoms with E-state index in [4.69, 9.17) is 0 Å². The lowest BCUT2D eigenvalue weighted by Crippen LogP contribution is -2.37. The van der Waals surface area contributed by atoms with Crippen LogP contribution in [-0.4, -0.2) is 37.0 Å². The summed E-state index contributed by atoms with van der Waals surface area (Å²) in [4.78, 5) is 21.7. The second-order valence-electron chi connectivity index (χ2n) is 5.53. The van der Waals surface area contributed by atoms with Crippen LogP contribution in [0.1, 0.15) is 32.7 Å². The summed E-state index contributed by atoms with van der Waals surface area (Å²) >= 11 is 1.72.